The Bertz CT molecular complexity index is 673. The van der Waals surface area contributed by atoms with Crippen molar-refractivity contribution >= 4 is 11.8 Å². The van der Waals surface area contributed by atoms with Crippen molar-refractivity contribution in [1.82, 2.24) is 26.0 Å². The molecule has 0 aromatic carbocycles. The molecule has 4 rings (SSSR count). The summed E-state index contributed by atoms with van der Waals surface area (Å²) in [6, 6.07) is -0.0127. The minimum atomic E-state index is -0.0536. The molecule has 1 spiro atoms. The van der Waals surface area contributed by atoms with Crippen LogP contribution < -0.4 is 10.6 Å². The first kappa shape index (κ1) is 17.5. The van der Waals surface area contributed by atoms with Crippen molar-refractivity contribution in [3.63, 3.8) is 0 Å². The summed E-state index contributed by atoms with van der Waals surface area (Å²) in [5, 5.41) is 17.0. The molecule has 3 N–H and O–H groups in total. The van der Waals surface area contributed by atoms with Crippen LogP contribution in [0.15, 0.2) is 0 Å². The van der Waals surface area contributed by atoms with E-state index in [4.69, 9.17) is 0 Å². The Balaban J connectivity index is 1.19. The van der Waals surface area contributed by atoms with E-state index in [0.717, 1.165) is 30.7 Å². The molecule has 2 atom stereocenters. The molecule has 1 aromatic heterocycles. The van der Waals surface area contributed by atoms with Gasteiger partial charge in [0, 0.05) is 31.3 Å². The topological polar surface area (TPSA) is 99.8 Å². The molecule has 3 aliphatic carbocycles. The third kappa shape index (κ3) is 3.76. The van der Waals surface area contributed by atoms with Gasteiger partial charge < -0.3 is 10.6 Å². The van der Waals surface area contributed by atoms with Gasteiger partial charge in [-0.2, -0.15) is 15.4 Å². The summed E-state index contributed by atoms with van der Waals surface area (Å²) in [6.45, 7) is 2.55. The third-order valence-corrected chi connectivity index (χ3v) is 6.50. The van der Waals surface area contributed by atoms with Crippen molar-refractivity contribution in [2.45, 2.75) is 70.8 Å². The van der Waals surface area contributed by atoms with Crippen LogP contribution in [0, 0.1) is 17.3 Å². The molecular weight excluding hydrogens is 330 g/mol. The third-order valence-electron chi connectivity index (χ3n) is 6.50. The number of hydrogen-bond donors (Lipinski definition) is 3. The lowest BCUT2D eigenvalue weighted by Gasteiger charge is -2.35. The van der Waals surface area contributed by atoms with Gasteiger partial charge in [0.1, 0.15) is 0 Å². The molecule has 7 heteroatoms. The first-order chi connectivity index (χ1) is 12.6. The number of amides is 2. The number of aromatic amines is 1. The maximum absolute atomic E-state index is 12.6. The van der Waals surface area contributed by atoms with Crippen LogP contribution >= 0.6 is 0 Å². The van der Waals surface area contributed by atoms with E-state index in [1.54, 1.807) is 0 Å². The summed E-state index contributed by atoms with van der Waals surface area (Å²) in [5.41, 5.74) is 2.54. The average Bonchev–Trinajstić information content (AvgIpc) is 3.26. The number of aromatic nitrogens is 3. The fraction of sp³-hybridized carbons (Fsp3) is 0.789. The van der Waals surface area contributed by atoms with Crippen LogP contribution in [0.4, 0.5) is 0 Å². The van der Waals surface area contributed by atoms with E-state index in [1.165, 1.54) is 25.7 Å². The van der Waals surface area contributed by atoms with Crippen LogP contribution in [-0.4, -0.2) is 39.8 Å². The van der Waals surface area contributed by atoms with E-state index in [2.05, 4.69) is 26.0 Å². The number of nitrogens with one attached hydrogen (secondary N) is 3. The molecule has 0 saturated heterocycles. The number of fused-ring (bicyclic) bond motifs is 1. The van der Waals surface area contributed by atoms with Crippen molar-refractivity contribution in [2.75, 3.05) is 6.54 Å². The minimum absolute atomic E-state index is 0.0127. The van der Waals surface area contributed by atoms with Crippen LogP contribution in [0.5, 0.6) is 0 Å². The molecule has 26 heavy (non-hydrogen) atoms. The second-order valence-corrected chi connectivity index (χ2v) is 8.55. The number of nitrogens with zero attached hydrogens (tertiary/aromatic N) is 2. The van der Waals surface area contributed by atoms with Gasteiger partial charge in [-0.05, 0) is 56.3 Å². The van der Waals surface area contributed by atoms with E-state index in [0.29, 0.717) is 30.7 Å². The van der Waals surface area contributed by atoms with Crippen LogP contribution in [0.25, 0.3) is 0 Å². The Morgan fingerprint density at radius 1 is 1.27 bits per heavy atom. The molecule has 0 bridgehead atoms. The van der Waals surface area contributed by atoms with Crippen molar-refractivity contribution in [2.24, 2.45) is 17.3 Å². The van der Waals surface area contributed by atoms with Crippen LogP contribution in [0.1, 0.15) is 63.3 Å². The SMILES string of the molecule is CCC(CNC(=O)CC1CC2(CC2)C1)NC(=O)C1CCc2n[nH]nc2C1. The Morgan fingerprint density at radius 2 is 2.04 bits per heavy atom. The average molecular weight is 359 g/mol. The maximum Gasteiger partial charge on any atom is 0.223 e. The number of carbonyl (C=O) groups excluding carboxylic acids is 2. The lowest BCUT2D eigenvalue weighted by atomic mass is 9.70. The van der Waals surface area contributed by atoms with Gasteiger partial charge in [0.05, 0.1) is 11.4 Å². The van der Waals surface area contributed by atoms with Gasteiger partial charge in [-0.3, -0.25) is 9.59 Å². The Hall–Kier alpha value is -1.92. The summed E-state index contributed by atoms with van der Waals surface area (Å²) >= 11 is 0. The summed E-state index contributed by atoms with van der Waals surface area (Å²) in [4.78, 5) is 24.7. The smallest absolute Gasteiger partial charge is 0.223 e. The molecule has 7 nitrogen and oxygen atoms in total. The highest BCUT2D eigenvalue weighted by Crippen LogP contribution is 2.63. The van der Waals surface area contributed by atoms with Crippen molar-refractivity contribution in [1.29, 1.82) is 0 Å². The summed E-state index contributed by atoms with van der Waals surface area (Å²) in [7, 11) is 0. The van der Waals surface area contributed by atoms with Crippen molar-refractivity contribution in [3.8, 4) is 0 Å². The number of rotatable bonds is 7. The summed E-state index contributed by atoms with van der Waals surface area (Å²) in [6.07, 6.45) is 8.89. The fourth-order valence-corrected chi connectivity index (χ4v) is 4.59. The van der Waals surface area contributed by atoms with E-state index < -0.39 is 0 Å². The van der Waals surface area contributed by atoms with E-state index >= 15 is 0 Å². The van der Waals surface area contributed by atoms with Crippen molar-refractivity contribution < 1.29 is 9.59 Å². The van der Waals surface area contributed by atoms with Crippen molar-refractivity contribution in [3.05, 3.63) is 11.4 Å². The molecule has 1 aromatic rings. The molecule has 2 unspecified atom stereocenters. The van der Waals surface area contributed by atoms with Gasteiger partial charge in [-0.1, -0.05) is 6.92 Å². The summed E-state index contributed by atoms with van der Waals surface area (Å²) < 4.78 is 0. The number of hydrogen-bond acceptors (Lipinski definition) is 4. The fourth-order valence-electron chi connectivity index (χ4n) is 4.59. The molecule has 2 saturated carbocycles. The predicted molar refractivity (Wildman–Crippen MR) is 96.1 cm³/mol. The molecular formula is C19H29N5O2. The van der Waals surface area contributed by atoms with Crippen LogP contribution in [-0.2, 0) is 22.4 Å². The zero-order chi connectivity index (χ0) is 18.1. The Kier molecular flexibility index (Phi) is 4.71. The van der Waals surface area contributed by atoms with Gasteiger partial charge in [0.2, 0.25) is 11.8 Å². The molecule has 1 heterocycles. The van der Waals surface area contributed by atoms with E-state index in [-0.39, 0.29) is 23.8 Å². The maximum atomic E-state index is 12.6. The van der Waals surface area contributed by atoms with Gasteiger partial charge in [-0.25, -0.2) is 0 Å². The molecule has 142 valence electrons. The van der Waals surface area contributed by atoms with Gasteiger partial charge >= 0.3 is 0 Å². The standard InChI is InChI=1S/C19H29N5O2/c1-2-14(11-20-17(25)7-12-9-19(10-12)5-6-19)21-18(26)13-3-4-15-16(8-13)23-24-22-15/h12-14H,2-11H2,1H3,(H,20,25)(H,21,26)(H,22,23,24). The predicted octanol–water partition coefficient (Wildman–Crippen LogP) is 1.50. The number of carbonyl (C=O) groups is 2. The molecule has 0 aliphatic heterocycles. The first-order valence-corrected chi connectivity index (χ1v) is 10.0. The van der Waals surface area contributed by atoms with Gasteiger partial charge in [-0.15, -0.1) is 0 Å². The van der Waals surface area contributed by atoms with Crippen LogP contribution in [0.3, 0.4) is 0 Å². The quantitative estimate of drug-likeness (QED) is 0.687. The first-order valence-electron chi connectivity index (χ1n) is 10.0. The largest absolute Gasteiger partial charge is 0.354 e. The van der Waals surface area contributed by atoms with Crippen LogP contribution in [0.2, 0.25) is 0 Å². The Morgan fingerprint density at radius 3 is 2.77 bits per heavy atom. The monoisotopic (exact) mass is 359 g/mol. The molecule has 2 amide bonds. The lowest BCUT2D eigenvalue weighted by Crippen LogP contribution is -2.46. The zero-order valence-electron chi connectivity index (χ0n) is 15.5. The number of H-pyrrole nitrogens is 1. The second-order valence-electron chi connectivity index (χ2n) is 8.55. The van der Waals surface area contributed by atoms with E-state index in [1.807, 2.05) is 6.92 Å². The molecule has 0 radical (unpaired) electrons. The lowest BCUT2D eigenvalue weighted by molar-refractivity contribution is -0.127. The Labute approximate surface area is 154 Å². The number of aryl methyl sites for hydroxylation is 1. The highest BCUT2D eigenvalue weighted by Gasteiger charge is 2.52. The van der Waals surface area contributed by atoms with Gasteiger partial charge in [0.15, 0.2) is 0 Å². The zero-order valence-corrected chi connectivity index (χ0v) is 15.5. The second kappa shape index (κ2) is 7.00. The summed E-state index contributed by atoms with van der Waals surface area (Å²) in [5.74, 6) is 0.714. The van der Waals surface area contributed by atoms with Gasteiger partial charge in [0.25, 0.3) is 0 Å². The molecule has 2 fully saturated rings. The minimum Gasteiger partial charge on any atom is -0.354 e. The highest BCUT2D eigenvalue weighted by molar-refractivity contribution is 5.80. The molecule has 3 aliphatic rings. The van der Waals surface area contributed by atoms with E-state index in [9.17, 15) is 9.59 Å². The normalized spacial score (nSPS) is 24.4. The highest BCUT2D eigenvalue weighted by atomic mass is 16.2.